The van der Waals surface area contributed by atoms with Gasteiger partial charge in [0, 0.05) is 22.6 Å². The van der Waals surface area contributed by atoms with Crippen molar-refractivity contribution in [1.29, 1.82) is 0 Å². The lowest BCUT2D eigenvalue weighted by Gasteiger charge is -2.26. The molecular formula is C13H17BrN2O3. The van der Waals surface area contributed by atoms with Crippen LogP contribution in [0.1, 0.15) is 31.2 Å². The highest BCUT2D eigenvalue weighted by Crippen LogP contribution is 2.26. The molecule has 0 saturated heterocycles. The zero-order valence-corrected chi connectivity index (χ0v) is 12.1. The minimum absolute atomic E-state index is 0.0790. The molecule has 2 N–H and O–H groups in total. The maximum atomic E-state index is 10.6. The lowest BCUT2D eigenvalue weighted by atomic mass is 9.93. The first-order valence-corrected chi connectivity index (χ1v) is 7.15. The van der Waals surface area contributed by atoms with Crippen molar-refractivity contribution in [3.63, 3.8) is 0 Å². The van der Waals surface area contributed by atoms with Gasteiger partial charge in [0.15, 0.2) is 0 Å². The number of non-ortho nitro benzene ring substituents is 1. The topological polar surface area (TPSA) is 78.4 Å². The number of hydrogen-bond donors (Lipinski definition) is 1. The Kier molecular flexibility index (Phi) is 4.90. The Labute approximate surface area is 120 Å². The van der Waals surface area contributed by atoms with Crippen LogP contribution in [-0.4, -0.2) is 17.1 Å². The summed E-state index contributed by atoms with van der Waals surface area (Å²) in [5.74, 6) is 0. The normalized spacial score (nSPS) is 23.3. The standard InChI is InChI=1S/C13H17BrN2O3/c14-13-7-11(16(17)18)5-4-9(13)8-19-12-3-1-2-10(15)6-12/h4-5,7,10,12H,1-3,6,8,15H2. The second kappa shape index (κ2) is 6.45. The Morgan fingerprint density at radius 1 is 1.47 bits per heavy atom. The highest BCUT2D eigenvalue weighted by molar-refractivity contribution is 9.10. The molecule has 104 valence electrons. The summed E-state index contributed by atoms with van der Waals surface area (Å²) >= 11 is 3.34. The summed E-state index contributed by atoms with van der Waals surface area (Å²) in [7, 11) is 0. The number of benzene rings is 1. The summed E-state index contributed by atoms with van der Waals surface area (Å²) in [6.45, 7) is 0.454. The van der Waals surface area contributed by atoms with Crippen LogP contribution in [0.5, 0.6) is 0 Å². The van der Waals surface area contributed by atoms with Crippen molar-refractivity contribution in [2.75, 3.05) is 0 Å². The van der Waals surface area contributed by atoms with Crippen molar-refractivity contribution in [2.45, 2.75) is 44.4 Å². The van der Waals surface area contributed by atoms with Crippen LogP contribution in [0, 0.1) is 10.1 Å². The maximum absolute atomic E-state index is 10.6. The number of rotatable bonds is 4. The second-order valence-corrected chi connectivity index (χ2v) is 5.75. The van der Waals surface area contributed by atoms with Crippen LogP contribution in [0.2, 0.25) is 0 Å². The largest absolute Gasteiger partial charge is 0.373 e. The third-order valence-electron chi connectivity index (χ3n) is 3.39. The fraction of sp³-hybridized carbons (Fsp3) is 0.538. The molecule has 1 fully saturated rings. The minimum Gasteiger partial charge on any atom is -0.373 e. The van der Waals surface area contributed by atoms with Crippen LogP contribution in [-0.2, 0) is 11.3 Å². The molecule has 0 spiro atoms. The molecule has 0 bridgehead atoms. The monoisotopic (exact) mass is 328 g/mol. The summed E-state index contributed by atoms with van der Waals surface area (Å²) in [6, 6.07) is 4.96. The predicted octanol–water partition coefficient (Wildman–Crippen LogP) is 3.14. The first kappa shape index (κ1) is 14.4. The molecule has 19 heavy (non-hydrogen) atoms. The summed E-state index contributed by atoms with van der Waals surface area (Å²) in [5, 5.41) is 10.6. The molecule has 6 heteroatoms. The molecule has 2 atom stereocenters. The van der Waals surface area contributed by atoms with Crippen molar-refractivity contribution in [3.05, 3.63) is 38.3 Å². The fourth-order valence-corrected chi connectivity index (χ4v) is 2.79. The summed E-state index contributed by atoms with van der Waals surface area (Å²) in [5.41, 5.74) is 6.91. The molecule has 0 radical (unpaired) electrons. The fourth-order valence-electron chi connectivity index (χ4n) is 2.31. The van der Waals surface area contributed by atoms with E-state index in [1.807, 2.05) is 0 Å². The smallest absolute Gasteiger partial charge is 0.270 e. The molecule has 0 amide bonds. The van der Waals surface area contributed by atoms with E-state index in [1.54, 1.807) is 6.07 Å². The molecule has 5 nitrogen and oxygen atoms in total. The Balaban J connectivity index is 1.94. The Bertz CT molecular complexity index is 467. The Morgan fingerprint density at radius 3 is 2.89 bits per heavy atom. The Morgan fingerprint density at radius 2 is 2.26 bits per heavy atom. The van der Waals surface area contributed by atoms with Gasteiger partial charge in [-0.1, -0.05) is 15.9 Å². The number of halogens is 1. The van der Waals surface area contributed by atoms with Crippen molar-refractivity contribution in [1.82, 2.24) is 0 Å². The number of nitrogens with two attached hydrogens (primary N) is 1. The van der Waals surface area contributed by atoms with E-state index in [9.17, 15) is 10.1 Å². The van der Waals surface area contributed by atoms with Gasteiger partial charge in [0.2, 0.25) is 0 Å². The predicted molar refractivity (Wildman–Crippen MR) is 75.8 cm³/mol. The molecule has 1 aromatic carbocycles. The molecule has 1 aliphatic rings. The summed E-state index contributed by atoms with van der Waals surface area (Å²) in [4.78, 5) is 10.2. The maximum Gasteiger partial charge on any atom is 0.270 e. The first-order valence-electron chi connectivity index (χ1n) is 6.36. The van der Waals surface area contributed by atoms with Gasteiger partial charge in [0.25, 0.3) is 5.69 Å². The summed E-state index contributed by atoms with van der Waals surface area (Å²) in [6.07, 6.45) is 4.31. The molecule has 0 heterocycles. The molecule has 0 aliphatic heterocycles. The van der Waals surface area contributed by atoms with Crippen LogP contribution >= 0.6 is 15.9 Å². The summed E-state index contributed by atoms with van der Waals surface area (Å²) < 4.78 is 6.55. The van der Waals surface area contributed by atoms with Crippen molar-refractivity contribution < 1.29 is 9.66 Å². The lowest BCUT2D eigenvalue weighted by molar-refractivity contribution is -0.384. The van der Waals surface area contributed by atoms with Crippen LogP contribution < -0.4 is 5.73 Å². The van der Waals surface area contributed by atoms with Crippen molar-refractivity contribution in [2.24, 2.45) is 5.73 Å². The molecule has 2 rings (SSSR count). The van der Waals surface area contributed by atoms with E-state index in [4.69, 9.17) is 10.5 Å². The lowest BCUT2D eigenvalue weighted by Crippen LogP contribution is -2.32. The van der Waals surface area contributed by atoms with E-state index in [1.165, 1.54) is 12.1 Å². The van der Waals surface area contributed by atoms with Crippen LogP contribution in [0.25, 0.3) is 0 Å². The molecular weight excluding hydrogens is 312 g/mol. The minimum atomic E-state index is -0.407. The highest BCUT2D eigenvalue weighted by atomic mass is 79.9. The second-order valence-electron chi connectivity index (χ2n) is 4.89. The number of ether oxygens (including phenoxy) is 1. The third-order valence-corrected chi connectivity index (χ3v) is 4.13. The molecule has 0 aromatic heterocycles. The van der Waals surface area contributed by atoms with Crippen LogP contribution in [0.15, 0.2) is 22.7 Å². The van der Waals surface area contributed by atoms with E-state index in [0.717, 1.165) is 31.2 Å². The van der Waals surface area contributed by atoms with E-state index in [0.29, 0.717) is 11.1 Å². The van der Waals surface area contributed by atoms with Gasteiger partial charge >= 0.3 is 0 Å². The zero-order valence-electron chi connectivity index (χ0n) is 10.5. The van der Waals surface area contributed by atoms with Gasteiger partial charge in [-0.15, -0.1) is 0 Å². The van der Waals surface area contributed by atoms with E-state index in [2.05, 4.69) is 15.9 Å². The van der Waals surface area contributed by atoms with E-state index >= 15 is 0 Å². The van der Waals surface area contributed by atoms with E-state index in [-0.39, 0.29) is 17.8 Å². The molecule has 1 saturated carbocycles. The quantitative estimate of drug-likeness (QED) is 0.680. The van der Waals surface area contributed by atoms with Gasteiger partial charge in [0.05, 0.1) is 17.6 Å². The van der Waals surface area contributed by atoms with Gasteiger partial charge in [-0.25, -0.2) is 0 Å². The number of nitro groups is 1. The first-order chi connectivity index (χ1) is 9.06. The molecule has 1 aliphatic carbocycles. The average Bonchev–Trinajstić information content (AvgIpc) is 2.37. The third kappa shape index (κ3) is 3.99. The Hall–Kier alpha value is -0.980. The van der Waals surface area contributed by atoms with Gasteiger partial charge < -0.3 is 10.5 Å². The van der Waals surface area contributed by atoms with Crippen molar-refractivity contribution in [3.8, 4) is 0 Å². The van der Waals surface area contributed by atoms with Crippen LogP contribution in [0.4, 0.5) is 5.69 Å². The highest BCUT2D eigenvalue weighted by Gasteiger charge is 2.20. The zero-order chi connectivity index (χ0) is 13.8. The van der Waals surface area contributed by atoms with Gasteiger partial charge in [-0.3, -0.25) is 10.1 Å². The van der Waals surface area contributed by atoms with E-state index < -0.39 is 4.92 Å². The van der Waals surface area contributed by atoms with Gasteiger partial charge in [0.1, 0.15) is 0 Å². The van der Waals surface area contributed by atoms with Gasteiger partial charge in [-0.05, 0) is 37.3 Å². The molecule has 1 aromatic rings. The molecule has 2 unspecified atom stereocenters. The average molecular weight is 329 g/mol. The SMILES string of the molecule is NC1CCCC(OCc2ccc([N+](=O)[O-])cc2Br)C1. The number of nitro benzene ring substituents is 1. The number of hydrogen-bond acceptors (Lipinski definition) is 4. The van der Waals surface area contributed by atoms with Gasteiger partial charge in [-0.2, -0.15) is 0 Å². The van der Waals surface area contributed by atoms with Crippen LogP contribution in [0.3, 0.4) is 0 Å². The van der Waals surface area contributed by atoms with Crippen molar-refractivity contribution >= 4 is 21.6 Å². The number of nitrogens with zero attached hydrogens (tertiary/aromatic N) is 1.